The fourth-order valence-corrected chi connectivity index (χ4v) is 9.33. The first-order valence-corrected chi connectivity index (χ1v) is 18.2. The lowest BCUT2D eigenvalue weighted by Crippen LogP contribution is -2.06. The molecule has 0 radical (unpaired) electrons. The van der Waals surface area contributed by atoms with Crippen molar-refractivity contribution in [2.45, 2.75) is 9.79 Å². The van der Waals surface area contributed by atoms with Gasteiger partial charge in [0.2, 0.25) is 5.71 Å². The van der Waals surface area contributed by atoms with Gasteiger partial charge in [0.05, 0.1) is 27.8 Å². The maximum Gasteiger partial charge on any atom is 0.231 e. The Labute approximate surface area is 301 Å². The van der Waals surface area contributed by atoms with Crippen molar-refractivity contribution >= 4 is 77.4 Å². The molecule has 5 nitrogen and oxygen atoms in total. The van der Waals surface area contributed by atoms with Crippen LogP contribution in [-0.2, 0) is 0 Å². The average molecular weight is 683 g/mol. The molecule has 12 rings (SSSR count). The minimum absolute atomic E-state index is 0.585. The second-order valence-corrected chi connectivity index (χ2v) is 14.5. The van der Waals surface area contributed by atoms with E-state index in [9.17, 15) is 0 Å². The zero-order chi connectivity index (χ0) is 33.9. The highest BCUT2D eigenvalue weighted by molar-refractivity contribution is 7.99. The smallest absolute Gasteiger partial charge is 0.231 e. The van der Waals surface area contributed by atoms with Gasteiger partial charge in [0.25, 0.3) is 0 Å². The maximum atomic E-state index is 6.45. The molecule has 6 heteroatoms. The lowest BCUT2D eigenvalue weighted by atomic mass is 10.0. The normalized spacial score (nSPS) is 12.5. The minimum atomic E-state index is 0.585. The number of hydrogen-bond acceptors (Lipinski definition) is 4. The van der Waals surface area contributed by atoms with Gasteiger partial charge in [-0.15, -0.1) is 0 Å². The van der Waals surface area contributed by atoms with Gasteiger partial charge in [-0.05, 0) is 65.4 Å². The van der Waals surface area contributed by atoms with Gasteiger partial charge in [0.15, 0.2) is 5.82 Å². The van der Waals surface area contributed by atoms with E-state index >= 15 is 0 Å². The first-order valence-electron chi connectivity index (χ1n) is 17.4. The molecular formula is C46H26N4OS. The molecule has 0 N–H and O–H groups in total. The summed E-state index contributed by atoms with van der Waals surface area (Å²) in [7, 11) is 0. The van der Waals surface area contributed by atoms with E-state index in [2.05, 4.69) is 149 Å². The molecule has 11 aromatic rings. The van der Waals surface area contributed by atoms with E-state index in [4.69, 9.17) is 14.4 Å². The van der Waals surface area contributed by atoms with E-state index in [0.717, 1.165) is 50.2 Å². The number of aromatic nitrogens is 4. The van der Waals surface area contributed by atoms with Crippen LogP contribution in [0.3, 0.4) is 0 Å². The van der Waals surface area contributed by atoms with Crippen molar-refractivity contribution < 1.29 is 4.42 Å². The zero-order valence-corrected chi connectivity index (χ0v) is 28.4. The van der Waals surface area contributed by atoms with Crippen LogP contribution in [0, 0.1) is 0 Å². The molecule has 0 fully saturated rings. The van der Waals surface area contributed by atoms with Gasteiger partial charge in [-0.25, -0.2) is 4.98 Å². The highest BCUT2D eigenvalue weighted by Gasteiger charge is 2.28. The summed E-state index contributed by atoms with van der Waals surface area (Å²) in [6.07, 6.45) is 0. The molecule has 0 amide bonds. The summed E-state index contributed by atoms with van der Waals surface area (Å²) in [4.78, 5) is 12.9. The number of rotatable bonds is 3. The summed E-state index contributed by atoms with van der Waals surface area (Å²) in [6, 6.07) is 55.9. The molecule has 0 bridgehead atoms. The molecule has 52 heavy (non-hydrogen) atoms. The predicted molar refractivity (Wildman–Crippen MR) is 213 cm³/mol. The topological polar surface area (TPSA) is 48.8 Å². The van der Waals surface area contributed by atoms with Crippen LogP contribution in [0.15, 0.2) is 172 Å². The van der Waals surface area contributed by atoms with Crippen molar-refractivity contribution in [3.63, 3.8) is 0 Å². The third kappa shape index (κ3) is 3.84. The van der Waals surface area contributed by atoms with Crippen LogP contribution in [0.5, 0.6) is 0 Å². The number of nitrogens with zero attached hydrogens (tertiary/aromatic N) is 4. The van der Waals surface area contributed by atoms with Crippen molar-refractivity contribution in [2.75, 3.05) is 0 Å². The summed E-state index contributed by atoms with van der Waals surface area (Å²) in [6.45, 7) is 0. The van der Waals surface area contributed by atoms with E-state index in [1.807, 2.05) is 30.0 Å². The Kier molecular flexibility index (Phi) is 5.65. The molecule has 0 atom stereocenters. The predicted octanol–water partition coefficient (Wildman–Crippen LogP) is 12.4. The standard InChI is InChI=1S/C46H26N4OS/c1-2-13-31(14-3-1)49-35-18-8-6-15-32(35)40-34-17-10-20-39-43(34)50(46(40)49)36-26-30(23-24-38(36)52-39)44-47-42(29-22-21-27-11-4-5-12-28(27)25-29)41-33-16-7-9-19-37(33)51-45(41)48-44/h1-26H. The Bertz CT molecular complexity index is 3280. The van der Waals surface area contributed by atoms with E-state index in [0.29, 0.717) is 11.5 Å². The minimum Gasteiger partial charge on any atom is -0.438 e. The monoisotopic (exact) mass is 682 g/mol. The van der Waals surface area contributed by atoms with E-state index in [-0.39, 0.29) is 0 Å². The van der Waals surface area contributed by atoms with Gasteiger partial charge < -0.3 is 4.42 Å². The maximum absolute atomic E-state index is 6.45. The second-order valence-electron chi connectivity index (χ2n) is 13.4. The average Bonchev–Trinajstić information content (AvgIpc) is 3.86. The van der Waals surface area contributed by atoms with Gasteiger partial charge in [0.1, 0.15) is 11.2 Å². The van der Waals surface area contributed by atoms with Crippen LogP contribution >= 0.6 is 11.8 Å². The molecule has 1 aliphatic heterocycles. The van der Waals surface area contributed by atoms with Crippen LogP contribution < -0.4 is 0 Å². The summed E-state index contributed by atoms with van der Waals surface area (Å²) in [5.74, 6) is 0.629. The van der Waals surface area contributed by atoms with Gasteiger partial charge in [-0.3, -0.25) is 9.13 Å². The van der Waals surface area contributed by atoms with Crippen molar-refractivity contribution in [3.8, 4) is 34.0 Å². The van der Waals surface area contributed by atoms with Crippen LogP contribution in [0.1, 0.15) is 0 Å². The van der Waals surface area contributed by atoms with E-state index in [1.165, 1.54) is 47.8 Å². The third-order valence-corrected chi connectivity index (χ3v) is 11.6. The number of para-hydroxylation sites is 4. The second kappa shape index (κ2) is 10.4. The Morgan fingerprint density at radius 1 is 0.519 bits per heavy atom. The lowest BCUT2D eigenvalue weighted by molar-refractivity contribution is 0.653. The van der Waals surface area contributed by atoms with Gasteiger partial charge in [-0.2, -0.15) is 4.98 Å². The molecule has 7 aromatic carbocycles. The largest absolute Gasteiger partial charge is 0.438 e. The number of benzene rings is 7. The summed E-state index contributed by atoms with van der Waals surface area (Å²) in [5.41, 5.74) is 10.0. The van der Waals surface area contributed by atoms with Crippen LogP contribution in [0.4, 0.5) is 0 Å². The quantitative estimate of drug-likeness (QED) is 0.186. The number of fused-ring (bicyclic) bond motifs is 11. The third-order valence-electron chi connectivity index (χ3n) is 10.5. The lowest BCUT2D eigenvalue weighted by Gasteiger charge is -2.22. The van der Waals surface area contributed by atoms with Gasteiger partial charge >= 0.3 is 0 Å². The highest BCUT2D eigenvalue weighted by Crippen LogP contribution is 2.50. The SMILES string of the molecule is c1ccc(-n2c3ccccc3c3c4cccc5c4n(c32)-c2cc(-c3nc(-c4ccc6ccccc6c4)c4c(n3)oc3ccccc34)ccc2S5)cc1. The Hall–Kier alpha value is -6.63. The summed E-state index contributed by atoms with van der Waals surface area (Å²) >= 11 is 1.82. The molecule has 242 valence electrons. The molecule has 4 aromatic heterocycles. The van der Waals surface area contributed by atoms with E-state index < -0.39 is 0 Å². The first-order chi connectivity index (χ1) is 25.8. The van der Waals surface area contributed by atoms with Crippen LogP contribution in [0.2, 0.25) is 0 Å². The fraction of sp³-hybridized carbons (Fsp3) is 0. The van der Waals surface area contributed by atoms with Crippen LogP contribution in [0.25, 0.3) is 99.7 Å². The van der Waals surface area contributed by atoms with Crippen LogP contribution in [-0.4, -0.2) is 19.1 Å². The molecule has 0 unspecified atom stereocenters. The van der Waals surface area contributed by atoms with Crippen molar-refractivity contribution in [3.05, 3.63) is 158 Å². The molecule has 5 heterocycles. The molecule has 0 saturated heterocycles. The number of furan rings is 1. The van der Waals surface area contributed by atoms with Gasteiger partial charge in [-0.1, -0.05) is 115 Å². The Balaban J connectivity index is 1.15. The Morgan fingerprint density at radius 3 is 2.21 bits per heavy atom. The number of hydrogen-bond donors (Lipinski definition) is 0. The van der Waals surface area contributed by atoms with Crippen molar-refractivity contribution in [1.82, 2.24) is 19.1 Å². The molecule has 0 aliphatic carbocycles. The molecule has 0 spiro atoms. The zero-order valence-electron chi connectivity index (χ0n) is 27.6. The Morgan fingerprint density at radius 2 is 1.29 bits per heavy atom. The van der Waals surface area contributed by atoms with Crippen molar-refractivity contribution in [1.29, 1.82) is 0 Å². The van der Waals surface area contributed by atoms with E-state index in [1.54, 1.807) is 0 Å². The molecule has 1 aliphatic rings. The molecule has 0 saturated carbocycles. The fourth-order valence-electron chi connectivity index (χ4n) is 8.25. The molecular weight excluding hydrogens is 657 g/mol. The first kappa shape index (κ1) is 28.1. The van der Waals surface area contributed by atoms with Crippen molar-refractivity contribution in [2.24, 2.45) is 0 Å². The summed E-state index contributed by atoms with van der Waals surface area (Å²) in [5, 5.41) is 8.05. The highest BCUT2D eigenvalue weighted by atomic mass is 32.2. The summed E-state index contributed by atoms with van der Waals surface area (Å²) < 4.78 is 11.3. The van der Waals surface area contributed by atoms with Gasteiger partial charge in [0, 0.05) is 48.2 Å².